The molecule has 35 heavy (non-hydrogen) atoms. The smallest absolute Gasteiger partial charge is 0.261 e. The second kappa shape index (κ2) is 10.8. The number of aliphatic hydroxyl groups is 1. The van der Waals surface area contributed by atoms with Gasteiger partial charge in [-0.05, 0) is 13.0 Å². The van der Waals surface area contributed by atoms with Crippen molar-refractivity contribution < 1.29 is 23.1 Å². The molecule has 1 amide bonds. The van der Waals surface area contributed by atoms with Crippen LogP contribution in [0.2, 0.25) is 0 Å². The van der Waals surface area contributed by atoms with Crippen molar-refractivity contribution in [1.82, 2.24) is 23.7 Å². The topological polar surface area (TPSA) is 118 Å². The first-order valence-electron chi connectivity index (χ1n) is 11.5. The zero-order valence-corrected chi connectivity index (χ0v) is 21.8. The molecule has 0 fully saturated rings. The number of carbonyl (C=O) groups is 1. The van der Waals surface area contributed by atoms with Gasteiger partial charge in [-0.3, -0.25) is 4.79 Å². The Morgan fingerprint density at radius 3 is 2.63 bits per heavy atom. The summed E-state index contributed by atoms with van der Waals surface area (Å²) < 4.78 is 35.0. The first-order chi connectivity index (χ1) is 16.4. The van der Waals surface area contributed by atoms with Gasteiger partial charge in [-0.2, -0.15) is 4.31 Å². The third-order valence-electron chi connectivity index (χ3n) is 5.82. The summed E-state index contributed by atoms with van der Waals surface area (Å²) in [6.07, 6.45) is 3.79. The third kappa shape index (κ3) is 6.01. The summed E-state index contributed by atoms with van der Waals surface area (Å²) in [6, 6.07) is 1.19. The van der Waals surface area contributed by atoms with E-state index in [2.05, 4.69) is 21.8 Å². The lowest BCUT2D eigenvalue weighted by atomic mass is 10.00. The number of fused-ring (bicyclic) bond motifs is 1. The first kappa shape index (κ1) is 26.7. The van der Waals surface area contributed by atoms with Gasteiger partial charge in [0, 0.05) is 50.4 Å². The molecule has 2 aromatic rings. The van der Waals surface area contributed by atoms with Crippen LogP contribution in [-0.2, 0) is 17.1 Å². The number of hydrogen-bond acceptors (Lipinski definition) is 7. The largest absolute Gasteiger partial charge is 0.472 e. The van der Waals surface area contributed by atoms with E-state index in [1.807, 2.05) is 20.8 Å². The minimum Gasteiger partial charge on any atom is -0.472 e. The summed E-state index contributed by atoms with van der Waals surface area (Å²) in [5, 5.41) is 9.73. The van der Waals surface area contributed by atoms with Gasteiger partial charge in [-0.15, -0.1) is 0 Å². The Balaban J connectivity index is 1.99. The molecule has 2 aromatic heterocycles. The zero-order chi connectivity index (χ0) is 25.9. The number of aromatic nitrogens is 3. The average Bonchev–Trinajstić information content (AvgIpc) is 3.26. The van der Waals surface area contributed by atoms with Crippen LogP contribution in [0.25, 0.3) is 0 Å². The highest BCUT2D eigenvalue weighted by Crippen LogP contribution is 2.28. The SMILES string of the molecule is CC(C)C#Cc1cnc2c(c1)C(=O)N([C@H](C)CO)C[C@@H](C)[C@@H](CN(C)S(=O)(=O)c1cn(C)cn1)O2. The predicted octanol–water partition coefficient (Wildman–Crippen LogP) is 1.36. The van der Waals surface area contributed by atoms with Gasteiger partial charge in [-0.1, -0.05) is 32.6 Å². The van der Waals surface area contributed by atoms with Crippen LogP contribution in [0.4, 0.5) is 0 Å². The number of sulfonamides is 1. The molecule has 3 rings (SSSR count). The molecular formula is C24H33N5O5S. The Labute approximate surface area is 207 Å². The number of carbonyl (C=O) groups excluding carboxylic acids is 1. The van der Waals surface area contributed by atoms with Gasteiger partial charge in [0.15, 0.2) is 5.03 Å². The number of amides is 1. The molecule has 0 aliphatic carbocycles. The second-order valence-corrected chi connectivity index (χ2v) is 11.3. The molecule has 3 atom stereocenters. The lowest BCUT2D eigenvalue weighted by Gasteiger charge is -2.37. The molecule has 0 radical (unpaired) electrons. The Morgan fingerprint density at radius 2 is 2.03 bits per heavy atom. The van der Waals surface area contributed by atoms with E-state index < -0.39 is 22.2 Å². The lowest BCUT2D eigenvalue weighted by Crippen LogP contribution is -2.50. The number of ether oxygens (including phenoxy) is 1. The molecule has 3 heterocycles. The Hall–Kier alpha value is -2.94. The molecule has 10 nitrogen and oxygen atoms in total. The van der Waals surface area contributed by atoms with Crippen molar-refractivity contribution in [2.24, 2.45) is 18.9 Å². The summed E-state index contributed by atoms with van der Waals surface area (Å²) in [6.45, 7) is 7.64. The summed E-state index contributed by atoms with van der Waals surface area (Å²) >= 11 is 0. The Morgan fingerprint density at radius 1 is 1.31 bits per heavy atom. The van der Waals surface area contributed by atoms with Crippen LogP contribution in [0.5, 0.6) is 5.88 Å². The molecule has 0 bridgehead atoms. The van der Waals surface area contributed by atoms with Gasteiger partial charge in [0.25, 0.3) is 15.9 Å². The minimum atomic E-state index is -3.84. The van der Waals surface area contributed by atoms with E-state index in [-0.39, 0.29) is 53.9 Å². The van der Waals surface area contributed by atoms with Gasteiger partial charge < -0.3 is 19.3 Å². The fraction of sp³-hybridized carbons (Fsp3) is 0.542. The van der Waals surface area contributed by atoms with Crippen molar-refractivity contribution in [3.63, 3.8) is 0 Å². The summed E-state index contributed by atoms with van der Waals surface area (Å²) in [7, 11) is -0.679. The molecule has 1 aliphatic heterocycles. The maximum atomic E-state index is 13.4. The lowest BCUT2D eigenvalue weighted by molar-refractivity contribution is 0.0373. The van der Waals surface area contributed by atoms with Crippen molar-refractivity contribution >= 4 is 15.9 Å². The Bertz CT molecular complexity index is 1230. The summed E-state index contributed by atoms with van der Waals surface area (Å²) in [5.41, 5.74) is 0.805. The number of imidazole rings is 1. The average molecular weight is 504 g/mol. The van der Waals surface area contributed by atoms with Crippen LogP contribution in [0.3, 0.4) is 0 Å². The van der Waals surface area contributed by atoms with Gasteiger partial charge in [0.1, 0.15) is 11.7 Å². The van der Waals surface area contributed by atoms with Crippen LogP contribution in [0.1, 0.15) is 43.6 Å². The van der Waals surface area contributed by atoms with E-state index in [1.165, 1.54) is 23.9 Å². The second-order valence-electron chi connectivity index (χ2n) is 9.29. The van der Waals surface area contributed by atoms with E-state index in [4.69, 9.17) is 4.74 Å². The number of hydrogen-bond donors (Lipinski definition) is 1. The van der Waals surface area contributed by atoms with Crippen LogP contribution in [0, 0.1) is 23.7 Å². The van der Waals surface area contributed by atoms with E-state index >= 15 is 0 Å². The standard InChI is InChI=1S/C24H33N5O5S/c1-16(2)7-8-19-9-20-23(25-10-19)34-21(17(3)11-29(24(20)31)18(4)14-30)12-28(6)35(32,33)22-13-27(5)15-26-22/h9-10,13,15-18,21,30H,11-12,14H2,1-6H3/t17-,18-,21-/m1/s1. The van der Waals surface area contributed by atoms with Crippen LogP contribution >= 0.6 is 0 Å². The van der Waals surface area contributed by atoms with Gasteiger partial charge in [0.2, 0.25) is 5.88 Å². The third-order valence-corrected chi connectivity index (χ3v) is 7.53. The molecular weight excluding hydrogens is 470 g/mol. The van der Waals surface area contributed by atoms with Crippen molar-refractivity contribution in [1.29, 1.82) is 0 Å². The molecule has 11 heteroatoms. The van der Waals surface area contributed by atoms with Gasteiger partial charge in [-0.25, -0.2) is 18.4 Å². The Kier molecular flexibility index (Phi) is 8.20. The minimum absolute atomic E-state index is 0.0195. The number of aliphatic hydroxyl groups excluding tert-OH is 1. The number of nitrogens with zero attached hydrogens (tertiary/aromatic N) is 5. The zero-order valence-electron chi connectivity index (χ0n) is 21.0. The van der Waals surface area contributed by atoms with Crippen molar-refractivity contribution in [3.8, 4) is 17.7 Å². The maximum Gasteiger partial charge on any atom is 0.261 e. The number of aryl methyl sites for hydroxylation is 1. The first-order valence-corrected chi connectivity index (χ1v) is 12.9. The number of likely N-dealkylation sites (N-methyl/N-ethyl adjacent to an activating group) is 1. The highest BCUT2D eigenvalue weighted by atomic mass is 32.2. The van der Waals surface area contributed by atoms with Gasteiger partial charge in [0.05, 0.1) is 25.5 Å². The van der Waals surface area contributed by atoms with Crippen LogP contribution in [0.15, 0.2) is 29.8 Å². The molecule has 1 N–H and O–H groups in total. The van der Waals surface area contributed by atoms with E-state index in [0.29, 0.717) is 5.56 Å². The highest BCUT2D eigenvalue weighted by Gasteiger charge is 2.36. The fourth-order valence-corrected chi connectivity index (χ4v) is 4.79. The van der Waals surface area contributed by atoms with Crippen molar-refractivity contribution in [2.45, 2.75) is 44.9 Å². The maximum absolute atomic E-state index is 13.4. The molecule has 0 aromatic carbocycles. The molecule has 0 spiro atoms. The molecule has 190 valence electrons. The van der Waals surface area contributed by atoms with Crippen molar-refractivity contribution in [2.75, 3.05) is 26.7 Å². The van der Waals surface area contributed by atoms with Crippen LogP contribution < -0.4 is 4.74 Å². The molecule has 0 unspecified atom stereocenters. The fourth-order valence-electron chi connectivity index (χ4n) is 3.65. The van der Waals surface area contributed by atoms with E-state index in [9.17, 15) is 18.3 Å². The van der Waals surface area contributed by atoms with Gasteiger partial charge >= 0.3 is 0 Å². The monoisotopic (exact) mass is 503 g/mol. The summed E-state index contributed by atoms with van der Waals surface area (Å²) in [4.78, 5) is 23.3. The summed E-state index contributed by atoms with van der Waals surface area (Å²) in [5.74, 6) is 5.76. The quantitative estimate of drug-likeness (QED) is 0.592. The van der Waals surface area contributed by atoms with E-state index in [0.717, 1.165) is 0 Å². The predicted molar refractivity (Wildman–Crippen MR) is 130 cm³/mol. The van der Waals surface area contributed by atoms with Crippen LogP contribution in [-0.4, -0.2) is 82.1 Å². The molecule has 0 saturated carbocycles. The van der Waals surface area contributed by atoms with E-state index in [1.54, 1.807) is 35.7 Å². The number of pyridine rings is 1. The number of rotatable bonds is 6. The molecule has 1 aliphatic rings. The normalized spacial score (nSPS) is 19.5. The highest BCUT2D eigenvalue weighted by molar-refractivity contribution is 7.89. The molecule has 0 saturated heterocycles. The van der Waals surface area contributed by atoms with Crippen molar-refractivity contribution in [3.05, 3.63) is 35.9 Å².